The first-order valence-electron chi connectivity index (χ1n) is 0. The molecular formula is H7AgGeLiS. The number of rotatable bonds is 0. The zero-order chi connectivity index (χ0) is 0. The molecule has 0 bridgehead atoms. The van der Waals surface area contributed by atoms with Gasteiger partial charge in [-0.25, -0.2) is 0 Å². The molecular weight excluding hydrogens is 219 g/mol. The maximum absolute atomic E-state index is 0. The van der Waals surface area contributed by atoms with Crippen LogP contribution in [0.3, 0.4) is 0 Å². The van der Waals surface area contributed by atoms with Gasteiger partial charge in [0.2, 0.25) is 0 Å². The van der Waals surface area contributed by atoms with Crippen molar-refractivity contribution < 1.29 is 42.7 Å². The van der Waals surface area contributed by atoms with Gasteiger partial charge >= 0.3 is 36.5 Å². The smallest absolute Gasteiger partial charge is 1.00 e. The molecule has 0 unspecified atom stereocenters. The molecule has 0 aliphatic heterocycles. The Labute approximate surface area is 73.1 Å². The van der Waals surface area contributed by atoms with Crippen molar-refractivity contribution in [3.8, 4) is 0 Å². The predicted octanol–water partition coefficient (Wildman–Crippen LogP) is -4.22. The van der Waals surface area contributed by atoms with Crippen LogP contribution in [-0.2, 0) is 22.4 Å². The van der Waals surface area contributed by atoms with Crippen LogP contribution in [0, 0.1) is 0 Å². The Morgan fingerprint density at radius 2 is 1.25 bits per heavy atom. The van der Waals surface area contributed by atoms with Gasteiger partial charge in [-0.1, -0.05) is 0 Å². The Morgan fingerprint density at radius 3 is 1.25 bits per heavy atom. The molecule has 0 rings (SSSR count). The van der Waals surface area contributed by atoms with Crippen molar-refractivity contribution in [1.82, 2.24) is 0 Å². The fourth-order valence-electron chi connectivity index (χ4n) is 0. The SMILES string of the molecule is S.[Ag].[GeH4].[H-].[Li+]. The average molecular weight is 227 g/mol. The van der Waals surface area contributed by atoms with Gasteiger partial charge in [0.15, 0.2) is 0 Å². The zero-order valence-corrected chi connectivity index (χ0v) is 4.28. The van der Waals surface area contributed by atoms with E-state index in [-0.39, 0.29) is 73.8 Å². The molecule has 0 amide bonds. The molecule has 0 aromatic carbocycles. The standard InChI is InChI=1S/Ag.GeH4.Li.H2S.H/h;1H4;;1H2;/q;;+1;;-1. The van der Waals surface area contributed by atoms with Gasteiger partial charge in [-0.15, -0.1) is 0 Å². The van der Waals surface area contributed by atoms with Crippen LogP contribution >= 0.6 is 13.5 Å². The van der Waals surface area contributed by atoms with Crippen LogP contribution < -0.4 is 18.9 Å². The van der Waals surface area contributed by atoms with E-state index in [0.717, 1.165) is 0 Å². The Hall–Kier alpha value is 2.23. The third kappa shape index (κ3) is 8.87. The van der Waals surface area contributed by atoms with E-state index in [1.165, 1.54) is 0 Å². The van der Waals surface area contributed by atoms with Gasteiger partial charge < -0.3 is 1.43 Å². The van der Waals surface area contributed by atoms with Crippen molar-refractivity contribution in [3.05, 3.63) is 0 Å². The van der Waals surface area contributed by atoms with Crippen LogP contribution in [0.2, 0.25) is 0 Å². The third-order valence-electron chi connectivity index (χ3n) is 0. The van der Waals surface area contributed by atoms with Crippen molar-refractivity contribution in [2.75, 3.05) is 0 Å². The molecule has 0 aliphatic rings. The summed E-state index contributed by atoms with van der Waals surface area (Å²) in [5.41, 5.74) is 0. The fraction of sp³-hybridized carbons (Fsp3) is 0. The van der Waals surface area contributed by atoms with Gasteiger partial charge in [0.05, 0.1) is 0 Å². The van der Waals surface area contributed by atoms with Gasteiger partial charge in [0, 0.05) is 22.4 Å². The van der Waals surface area contributed by atoms with Gasteiger partial charge in [-0.05, 0) is 0 Å². The Kier molecular flexibility index (Phi) is 161. The second-order valence-corrected chi connectivity index (χ2v) is 0. The first-order valence-corrected chi connectivity index (χ1v) is 0. The maximum atomic E-state index is 0. The van der Waals surface area contributed by atoms with Crippen LogP contribution in [0.15, 0.2) is 0 Å². The van der Waals surface area contributed by atoms with E-state index in [0.29, 0.717) is 0 Å². The van der Waals surface area contributed by atoms with E-state index < -0.39 is 0 Å². The van der Waals surface area contributed by atoms with Crippen LogP contribution in [-0.4, -0.2) is 17.6 Å². The van der Waals surface area contributed by atoms with Gasteiger partial charge in [0.1, 0.15) is 0 Å². The zero-order valence-electron chi connectivity index (χ0n) is 2.80. The van der Waals surface area contributed by atoms with E-state index >= 15 is 0 Å². The molecule has 0 spiro atoms. The molecule has 0 N–H and O–H groups in total. The summed E-state index contributed by atoms with van der Waals surface area (Å²) in [6.07, 6.45) is 0. The minimum absolute atomic E-state index is 0. The molecule has 0 saturated carbocycles. The summed E-state index contributed by atoms with van der Waals surface area (Å²) in [6.45, 7) is 0. The second-order valence-electron chi connectivity index (χ2n) is 0. The molecule has 0 atom stereocenters. The molecule has 1 radical (unpaired) electrons. The van der Waals surface area contributed by atoms with Gasteiger partial charge in [0.25, 0.3) is 0 Å². The molecule has 0 saturated heterocycles. The quantitative estimate of drug-likeness (QED) is 0.368. The largest absolute Gasteiger partial charge is 1.00 e. The van der Waals surface area contributed by atoms with Crippen LogP contribution in [0.4, 0.5) is 0 Å². The van der Waals surface area contributed by atoms with Crippen molar-refractivity contribution in [1.29, 1.82) is 0 Å². The van der Waals surface area contributed by atoms with E-state index in [9.17, 15) is 0 Å². The first kappa shape index (κ1) is 34.3. The summed E-state index contributed by atoms with van der Waals surface area (Å²) >= 11 is 0. The number of hydrogen-bond donors (Lipinski definition) is 0. The summed E-state index contributed by atoms with van der Waals surface area (Å²) in [5, 5.41) is 0. The minimum Gasteiger partial charge on any atom is -1.00 e. The summed E-state index contributed by atoms with van der Waals surface area (Å²) in [6, 6.07) is 0. The molecule has 29 valence electrons. The van der Waals surface area contributed by atoms with Crippen molar-refractivity contribution in [3.63, 3.8) is 0 Å². The summed E-state index contributed by atoms with van der Waals surface area (Å²) in [7, 11) is 0. The minimum atomic E-state index is 0. The number of hydrogen-bond acceptors (Lipinski definition) is 0. The Morgan fingerprint density at radius 1 is 1.25 bits per heavy atom. The average Bonchev–Trinajstić information content (AvgIpc) is 0. The van der Waals surface area contributed by atoms with Gasteiger partial charge in [-0.3, -0.25) is 0 Å². The molecule has 0 heterocycles. The Bertz CT molecular complexity index is 11.6. The first-order chi connectivity index (χ1) is 0. The summed E-state index contributed by atoms with van der Waals surface area (Å²) < 4.78 is 0. The molecule has 0 fully saturated rings. The van der Waals surface area contributed by atoms with E-state index in [1.54, 1.807) is 0 Å². The molecule has 4 heteroatoms. The van der Waals surface area contributed by atoms with Crippen molar-refractivity contribution in [2.24, 2.45) is 0 Å². The third-order valence-corrected chi connectivity index (χ3v) is 0. The van der Waals surface area contributed by atoms with Crippen molar-refractivity contribution in [2.45, 2.75) is 0 Å². The van der Waals surface area contributed by atoms with Crippen LogP contribution in [0.1, 0.15) is 1.43 Å². The van der Waals surface area contributed by atoms with Crippen LogP contribution in [0.5, 0.6) is 0 Å². The van der Waals surface area contributed by atoms with Crippen molar-refractivity contribution >= 4 is 31.1 Å². The topological polar surface area (TPSA) is 0 Å². The van der Waals surface area contributed by atoms with E-state index in [1.807, 2.05) is 0 Å². The molecule has 0 nitrogen and oxygen atoms in total. The Balaban J connectivity index is 0. The normalized spacial score (nSPS) is 0. The second kappa shape index (κ2) is 18.8. The predicted molar refractivity (Wildman–Crippen MR) is 22.8 cm³/mol. The van der Waals surface area contributed by atoms with Crippen LogP contribution in [0.25, 0.3) is 0 Å². The monoisotopic (exact) mass is 227 g/mol. The molecule has 0 aliphatic carbocycles. The molecule has 0 aromatic heterocycles. The van der Waals surface area contributed by atoms with E-state index in [4.69, 9.17) is 0 Å². The molecule has 4 heavy (non-hydrogen) atoms. The van der Waals surface area contributed by atoms with E-state index in [2.05, 4.69) is 0 Å². The molecule has 0 aromatic rings. The van der Waals surface area contributed by atoms with Gasteiger partial charge in [-0.2, -0.15) is 13.5 Å². The maximum Gasteiger partial charge on any atom is 1.00 e. The summed E-state index contributed by atoms with van der Waals surface area (Å²) in [5.74, 6) is 0. The fourth-order valence-corrected chi connectivity index (χ4v) is 0. The summed E-state index contributed by atoms with van der Waals surface area (Å²) in [4.78, 5) is 0.